The van der Waals surface area contributed by atoms with E-state index in [1.807, 2.05) is 60.1 Å². The number of carbonyl (C=O) groups is 1. The van der Waals surface area contributed by atoms with Gasteiger partial charge in [-0.05, 0) is 41.3 Å². The third-order valence-corrected chi connectivity index (χ3v) is 6.96. The average Bonchev–Trinajstić information content (AvgIpc) is 3.34. The molecule has 8 nitrogen and oxygen atoms in total. The summed E-state index contributed by atoms with van der Waals surface area (Å²) >= 11 is 0. The number of benzene rings is 2. The van der Waals surface area contributed by atoms with E-state index in [0.29, 0.717) is 29.4 Å². The van der Waals surface area contributed by atoms with Crippen LogP contribution in [0.25, 0.3) is 5.65 Å². The van der Waals surface area contributed by atoms with Crippen molar-refractivity contribution in [2.24, 2.45) is 7.05 Å². The minimum Gasteiger partial charge on any atom is -0.497 e. The standard InChI is InChI=1S/C28H31N5O3/c1-18(2)20-7-9-21(10-8-20)30-26(34)23-15-29-33-27(23)31(3)25-13-14-32(17-24(25)28(33)35)16-19-5-11-22(36-4)12-6-19/h5-12,15,18H,13-14,16-17H2,1-4H3,(H,30,34). The molecular weight excluding hydrogens is 454 g/mol. The molecule has 0 bridgehead atoms. The zero-order chi connectivity index (χ0) is 25.4. The van der Waals surface area contributed by atoms with E-state index in [9.17, 15) is 9.59 Å². The van der Waals surface area contributed by atoms with Gasteiger partial charge in [-0.3, -0.25) is 14.5 Å². The molecule has 0 radical (unpaired) electrons. The lowest BCUT2D eigenvalue weighted by Crippen LogP contribution is -2.38. The van der Waals surface area contributed by atoms with E-state index in [2.05, 4.69) is 29.2 Å². The minimum absolute atomic E-state index is 0.169. The first kappa shape index (κ1) is 23.8. The van der Waals surface area contributed by atoms with Gasteiger partial charge in [0.15, 0.2) is 5.65 Å². The molecule has 2 aromatic carbocycles. The van der Waals surface area contributed by atoms with Crippen LogP contribution in [-0.4, -0.2) is 38.6 Å². The Morgan fingerprint density at radius 2 is 1.83 bits per heavy atom. The molecule has 0 saturated carbocycles. The lowest BCUT2D eigenvalue weighted by atomic mass is 10.0. The average molecular weight is 486 g/mol. The summed E-state index contributed by atoms with van der Waals surface area (Å²) in [6, 6.07) is 15.8. The summed E-state index contributed by atoms with van der Waals surface area (Å²) in [6.07, 6.45) is 2.20. The molecule has 36 heavy (non-hydrogen) atoms. The number of rotatable bonds is 6. The molecule has 8 heteroatoms. The number of hydrogen-bond donors (Lipinski definition) is 1. The number of nitrogens with zero attached hydrogens (tertiary/aromatic N) is 4. The maximum atomic E-state index is 13.4. The Kier molecular flexibility index (Phi) is 6.36. The molecule has 1 N–H and O–H groups in total. The quantitative estimate of drug-likeness (QED) is 0.447. The highest BCUT2D eigenvalue weighted by Crippen LogP contribution is 2.23. The van der Waals surface area contributed by atoms with Gasteiger partial charge in [0, 0.05) is 44.5 Å². The van der Waals surface area contributed by atoms with Crippen LogP contribution in [0.3, 0.4) is 0 Å². The predicted octanol–water partition coefficient (Wildman–Crippen LogP) is 3.98. The molecule has 186 valence electrons. The second-order valence-electron chi connectivity index (χ2n) is 9.62. The summed E-state index contributed by atoms with van der Waals surface area (Å²) in [4.78, 5) is 28.8. The lowest BCUT2D eigenvalue weighted by molar-refractivity contribution is 0.102. The van der Waals surface area contributed by atoms with Crippen molar-refractivity contribution in [3.63, 3.8) is 0 Å². The Hall–Kier alpha value is -3.91. The van der Waals surface area contributed by atoms with Gasteiger partial charge in [-0.25, -0.2) is 0 Å². The van der Waals surface area contributed by atoms with Gasteiger partial charge in [0.25, 0.3) is 11.5 Å². The number of aromatic nitrogens is 3. The van der Waals surface area contributed by atoms with Gasteiger partial charge in [0.05, 0.1) is 18.9 Å². The van der Waals surface area contributed by atoms with Crippen molar-refractivity contribution in [2.45, 2.75) is 39.3 Å². The van der Waals surface area contributed by atoms with Crippen molar-refractivity contribution in [1.29, 1.82) is 0 Å². The first-order valence-electron chi connectivity index (χ1n) is 12.2. The van der Waals surface area contributed by atoms with Crippen LogP contribution in [0, 0.1) is 0 Å². The summed E-state index contributed by atoms with van der Waals surface area (Å²) < 4.78 is 8.55. The highest BCUT2D eigenvalue weighted by Gasteiger charge is 2.26. The number of aryl methyl sites for hydroxylation is 1. The highest BCUT2D eigenvalue weighted by atomic mass is 16.5. The van der Waals surface area contributed by atoms with Crippen LogP contribution < -0.4 is 15.6 Å². The zero-order valence-corrected chi connectivity index (χ0v) is 21.1. The largest absolute Gasteiger partial charge is 0.497 e. The summed E-state index contributed by atoms with van der Waals surface area (Å²) in [5, 5.41) is 7.25. The topological polar surface area (TPSA) is 80.9 Å². The normalized spacial score (nSPS) is 13.7. The number of hydrogen-bond acceptors (Lipinski definition) is 5. The van der Waals surface area contributed by atoms with Gasteiger partial charge < -0.3 is 14.6 Å². The van der Waals surface area contributed by atoms with Crippen LogP contribution in [0.1, 0.15) is 52.5 Å². The highest BCUT2D eigenvalue weighted by molar-refractivity contribution is 6.08. The smallest absolute Gasteiger partial charge is 0.279 e. The van der Waals surface area contributed by atoms with Crippen LogP contribution in [0.5, 0.6) is 5.75 Å². The van der Waals surface area contributed by atoms with Crippen LogP contribution >= 0.6 is 0 Å². The maximum absolute atomic E-state index is 13.4. The Labute approximate surface area is 210 Å². The van der Waals surface area contributed by atoms with Crippen molar-refractivity contribution < 1.29 is 9.53 Å². The molecule has 1 amide bonds. The summed E-state index contributed by atoms with van der Waals surface area (Å²) in [7, 11) is 3.56. The van der Waals surface area contributed by atoms with Gasteiger partial charge in [-0.2, -0.15) is 9.61 Å². The number of nitrogens with one attached hydrogen (secondary N) is 1. The number of methoxy groups -OCH3 is 1. The molecule has 0 saturated heterocycles. The fraction of sp³-hybridized carbons (Fsp3) is 0.321. The van der Waals surface area contributed by atoms with Gasteiger partial charge in [0.2, 0.25) is 0 Å². The van der Waals surface area contributed by atoms with E-state index in [1.54, 1.807) is 7.11 Å². The molecule has 0 spiro atoms. The molecule has 0 atom stereocenters. The summed E-state index contributed by atoms with van der Waals surface area (Å²) in [6.45, 7) is 6.36. The number of fused-ring (bicyclic) bond motifs is 2. The van der Waals surface area contributed by atoms with Crippen LogP contribution in [0.4, 0.5) is 5.69 Å². The van der Waals surface area contributed by atoms with E-state index < -0.39 is 0 Å². The molecule has 0 unspecified atom stereocenters. The van der Waals surface area contributed by atoms with Crippen molar-refractivity contribution in [1.82, 2.24) is 19.1 Å². The molecule has 5 rings (SSSR count). The molecule has 2 aromatic heterocycles. The minimum atomic E-state index is -0.283. The van der Waals surface area contributed by atoms with Gasteiger partial charge >= 0.3 is 0 Å². The van der Waals surface area contributed by atoms with Crippen molar-refractivity contribution >= 4 is 17.2 Å². The first-order chi connectivity index (χ1) is 17.4. The second-order valence-corrected chi connectivity index (χ2v) is 9.62. The summed E-state index contributed by atoms with van der Waals surface area (Å²) in [5.41, 5.74) is 5.48. The third-order valence-electron chi connectivity index (χ3n) is 6.96. The van der Waals surface area contributed by atoms with E-state index in [-0.39, 0.29) is 11.5 Å². The molecule has 1 aliphatic rings. The van der Waals surface area contributed by atoms with E-state index >= 15 is 0 Å². The van der Waals surface area contributed by atoms with E-state index in [4.69, 9.17) is 4.74 Å². The Balaban J connectivity index is 1.40. The van der Waals surface area contributed by atoms with Gasteiger partial charge in [0.1, 0.15) is 11.3 Å². The Morgan fingerprint density at radius 3 is 2.50 bits per heavy atom. The molecule has 0 fully saturated rings. The van der Waals surface area contributed by atoms with Gasteiger partial charge in [-0.15, -0.1) is 0 Å². The molecule has 4 aromatic rings. The number of ether oxygens (including phenoxy) is 1. The number of anilines is 1. The fourth-order valence-corrected chi connectivity index (χ4v) is 4.87. The zero-order valence-electron chi connectivity index (χ0n) is 21.1. The van der Waals surface area contributed by atoms with E-state index in [0.717, 1.165) is 42.1 Å². The van der Waals surface area contributed by atoms with E-state index in [1.165, 1.54) is 16.3 Å². The van der Waals surface area contributed by atoms with Crippen molar-refractivity contribution in [2.75, 3.05) is 19.0 Å². The van der Waals surface area contributed by atoms with Crippen LogP contribution in [0.2, 0.25) is 0 Å². The summed E-state index contributed by atoms with van der Waals surface area (Å²) in [5.74, 6) is 0.960. The molecule has 0 aliphatic carbocycles. The van der Waals surface area contributed by atoms with Crippen molar-refractivity contribution in [3.8, 4) is 5.75 Å². The van der Waals surface area contributed by atoms with Crippen molar-refractivity contribution in [3.05, 3.63) is 93.0 Å². The second kappa shape index (κ2) is 9.62. The van der Waals surface area contributed by atoms with Gasteiger partial charge in [-0.1, -0.05) is 38.1 Å². The first-order valence-corrected chi connectivity index (χ1v) is 12.2. The fourth-order valence-electron chi connectivity index (χ4n) is 4.87. The maximum Gasteiger partial charge on any atom is 0.279 e. The molecular formula is C28H31N5O3. The SMILES string of the molecule is COc1ccc(CN2CCc3c(c(=O)n4ncc(C(=O)Nc5ccc(C(C)C)cc5)c4n3C)C2)cc1. The Morgan fingerprint density at radius 1 is 1.11 bits per heavy atom. The van der Waals surface area contributed by atoms with Crippen LogP contribution in [0.15, 0.2) is 59.5 Å². The predicted molar refractivity (Wildman–Crippen MR) is 140 cm³/mol. The van der Waals surface area contributed by atoms with Crippen LogP contribution in [-0.2, 0) is 26.6 Å². The lowest BCUT2D eigenvalue weighted by Gasteiger charge is -2.30. The third kappa shape index (κ3) is 4.40. The number of amides is 1. The molecule has 3 heterocycles. The number of carbonyl (C=O) groups excluding carboxylic acids is 1. The molecule has 1 aliphatic heterocycles. The monoisotopic (exact) mass is 485 g/mol. The Bertz CT molecular complexity index is 1470.